The van der Waals surface area contributed by atoms with E-state index in [1.165, 1.54) is 39.0 Å². The number of rotatable bonds is 2. The Kier molecular flexibility index (Phi) is 4.17. The number of aromatic amines is 1. The number of nitrogens with one attached hydrogen (secondary N) is 1. The van der Waals surface area contributed by atoms with Crippen molar-refractivity contribution in [3.8, 4) is 0 Å². The van der Waals surface area contributed by atoms with Crippen molar-refractivity contribution in [2.24, 2.45) is 0 Å². The fraction of sp³-hybridized carbons (Fsp3) is 0.259. The molecule has 1 aromatic heterocycles. The molecule has 6 rings (SSSR count). The predicted octanol–water partition coefficient (Wildman–Crippen LogP) is 5.64. The monoisotopic (exact) mass is 393 g/mol. The van der Waals surface area contributed by atoms with Crippen molar-refractivity contribution in [2.75, 3.05) is 24.7 Å². The van der Waals surface area contributed by atoms with Gasteiger partial charge in [-0.05, 0) is 42.7 Å². The van der Waals surface area contributed by atoms with E-state index in [0.717, 1.165) is 26.2 Å². The van der Waals surface area contributed by atoms with Gasteiger partial charge in [0.1, 0.15) is 0 Å². The largest absolute Gasteiger partial charge is 0.358 e. The third-order valence-corrected chi connectivity index (χ3v) is 6.96. The van der Waals surface area contributed by atoms with Crippen LogP contribution in [0.5, 0.6) is 0 Å². The maximum Gasteiger partial charge on any atom is 0.0713 e. The second-order valence-corrected chi connectivity index (χ2v) is 8.79. The predicted molar refractivity (Wildman–Crippen MR) is 124 cm³/mol. The zero-order valence-corrected chi connectivity index (χ0v) is 17.4. The van der Waals surface area contributed by atoms with Crippen LogP contribution in [-0.4, -0.2) is 29.6 Å². The number of fused-ring (bicyclic) bond motifs is 5. The molecular formula is C27H27N3. The topological polar surface area (TPSA) is 22.3 Å². The van der Waals surface area contributed by atoms with E-state index in [2.05, 4.69) is 101 Å². The van der Waals surface area contributed by atoms with Gasteiger partial charge in [-0.25, -0.2) is 0 Å². The summed E-state index contributed by atoms with van der Waals surface area (Å²) in [6, 6.07) is 29.3. The zero-order valence-electron chi connectivity index (χ0n) is 17.4. The number of aryl methyl sites for hydroxylation is 1. The molecular weight excluding hydrogens is 366 g/mol. The van der Waals surface area contributed by atoms with Crippen LogP contribution in [0.15, 0.2) is 78.9 Å². The normalized spacial score (nSPS) is 21.4. The Morgan fingerprint density at radius 1 is 0.867 bits per heavy atom. The smallest absolute Gasteiger partial charge is 0.0713 e. The fourth-order valence-electron chi connectivity index (χ4n) is 5.48. The van der Waals surface area contributed by atoms with Gasteiger partial charge in [-0.15, -0.1) is 0 Å². The van der Waals surface area contributed by atoms with E-state index in [4.69, 9.17) is 0 Å². The quantitative estimate of drug-likeness (QED) is 0.476. The third-order valence-electron chi connectivity index (χ3n) is 6.96. The van der Waals surface area contributed by atoms with Crippen LogP contribution in [0.4, 0.5) is 5.69 Å². The maximum atomic E-state index is 3.82. The van der Waals surface area contributed by atoms with Crippen molar-refractivity contribution in [1.82, 2.24) is 9.88 Å². The highest BCUT2D eigenvalue weighted by Gasteiger charge is 2.41. The van der Waals surface area contributed by atoms with Crippen LogP contribution in [0.3, 0.4) is 0 Å². The molecule has 0 bridgehead atoms. The first-order valence-electron chi connectivity index (χ1n) is 11.0. The molecule has 0 aliphatic carbocycles. The Morgan fingerprint density at radius 2 is 1.63 bits per heavy atom. The van der Waals surface area contributed by atoms with Crippen molar-refractivity contribution >= 4 is 16.6 Å². The van der Waals surface area contributed by atoms with Crippen LogP contribution in [0.2, 0.25) is 0 Å². The number of hydrogen-bond donors (Lipinski definition) is 1. The molecule has 2 aliphatic rings. The van der Waals surface area contributed by atoms with Gasteiger partial charge in [0.2, 0.25) is 0 Å². The van der Waals surface area contributed by atoms with Gasteiger partial charge in [-0.3, -0.25) is 4.90 Å². The van der Waals surface area contributed by atoms with Crippen LogP contribution in [0.1, 0.15) is 34.3 Å². The van der Waals surface area contributed by atoms with Gasteiger partial charge in [-0.1, -0.05) is 66.2 Å². The number of nitrogens with zero attached hydrogens (tertiary/aromatic N) is 2. The van der Waals surface area contributed by atoms with E-state index in [0.29, 0.717) is 12.0 Å². The second kappa shape index (κ2) is 7.03. The van der Waals surface area contributed by atoms with Crippen LogP contribution in [0, 0.1) is 6.92 Å². The van der Waals surface area contributed by atoms with Gasteiger partial charge in [-0.2, -0.15) is 0 Å². The SMILES string of the molecule is Cc1ccc(N2C[C@@H](c3ccccc3)[C@H]3c4[nH]c5ccccc5c4CCN3C2)cc1. The highest BCUT2D eigenvalue weighted by molar-refractivity contribution is 5.85. The Labute approximate surface area is 177 Å². The van der Waals surface area contributed by atoms with Gasteiger partial charge in [0.05, 0.1) is 12.7 Å². The van der Waals surface area contributed by atoms with E-state index in [1.54, 1.807) is 0 Å². The summed E-state index contributed by atoms with van der Waals surface area (Å²) in [4.78, 5) is 9.05. The lowest BCUT2D eigenvalue weighted by molar-refractivity contribution is 0.126. The van der Waals surface area contributed by atoms with Crippen molar-refractivity contribution in [1.29, 1.82) is 0 Å². The van der Waals surface area contributed by atoms with E-state index >= 15 is 0 Å². The highest BCUT2D eigenvalue weighted by atomic mass is 15.4. The molecule has 0 spiro atoms. The van der Waals surface area contributed by atoms with E-state index in [9.17, 15) is 0 Å². The van der Waals surface area contributed by atoms with Crippen LogP contribution < -0.4 is 4.90 Å². The Bertz CT molecular complexity index is 1180. The number of para-hydroxylation sites is 1. The lowest BCUT2D eigenvalue weighted by Gasteiger charge is -2.49. The molecule has 1 saturated heterocycles. The number of hydrogen-bond acceptors (Lipinski definition) is 2. The molecule has 0 unspecified atom stereocenters. The number of H-pyrrole nitrogens is 1. The summed E-state index contributed by atoms with van der Waals surface area (Å²) >= 11 is 0. The number of anilines is 1. The summed E-state index contributed by atoms with van der Waals surface area (Å²) in [5.41, 5.74) is 8.29. The van der Waals surface area contributed by atoms with Crippen LogP contribution >= 0.6 is 0 Å². The van der Waals surface area contributed by atoms with Crippen LogP contribution in [-0.2, 0) is 6.42 Å². The first-order valence-corrected chi connectivity index (χ1v) is 11.0. The van der Waals surface area contributed by atoms with Gasteiger partial charge in [0, 0.05) is 41.3 Å². The summed E-state index contributed by atoms with van der Waals surface area (Å²) in [5.74, 6) is 0.424. The fourth-order valence-corrected chi connectivity index (χ4v) is 5.48. The summed E-state index contributed by atoms with van der Waals surface area (Å²) < 4.78 is 0. The standard InChI is InChI=1S/C27H27N3/c1-19-11-13-21(14-12-19)30-17-24(20-7-3-2-4-8-20)27-26-23(15-16-29(27)18-30)22-9-5-6-10-25(22)28-26/h2-14,24,27-28H,15-18H2,1H3/t24-,27-/m0/s1. The molecule has 3 heterocycles. The molecule has 150 valence electrons. The Hall–Kier alpha value is -3.04. The van der Waals surface area contributed by atoms with Crippen molar-refractivity contribution in [3.05, 3.63) is 101 Å². The molecule has 3 nitrogen and oxygen atoms in total. The molecule has 3 aromatic carbocycles. The summed E-state index contributed by atoms with van der Waals surface area (Å²) in [5, 5.41) is 1.40. The average molecular weight is 394 g/mol. The van der Waals surface area contributed by atoms with Crippen molar-refractivity contribution < 1.29 is 0 Å². The molecule has 3 heteroatoms. The Balaban J connectivity index is 1.46. The Morgan fingerprint density at radius 3 is 2.47 bits per heavy atom. The first-order chi connectivity index (χ1) is 14.8. The molecule has 2 aliphatic heterocycles. The number of benzene rings is 3. The summed E-state index contributed by atoms with van der Waals surface area (Å²) in [6.45, 7) is 5.27. The molecule has 2 atom stereocenters. The van der Waals surface area contributed by atoms with Crippen LogP contribution in [0.25, 0.3) is 10.9 Å². The van der Waals surface area contributed by atoms with Gasteiger partial charge in [0.25, 0.3) is 0 Å². The van der Waals surface area contributed by atoms with E-state index < -0.39 is 0 Å². The second-order valence-electron chi connectivity index (χ2n) is 8.79. The minimum absolute atomic E-state index is 0.394. The molecule has 0 amide bonds. The van der Waals surface area contributed by atoms with Crippen molar-refractivity contribution in [2.45, 2.75) is 25.3 Å². The molecule has 1 N–H and O–H groups in total. The maximum absolute atomic E-state index is 3.82. The molecule has 1 fully saturated rings. The van der Waals surface area contributed by atoms with Gasteiger partial charge >= 0.3 is 0 Å². The third kappa shape index (κ3) is 2.85. The highest BCUT2D eigenvalue weighted by Crippen LogP contribution is 2.45. The summed E-state index contributed by atoms with van der Waals surface area (Å²) in [7, 11) is 0. The molecule has 0 saturated carbocycles. The van der Waals surface area contributed by atoms with E-state index in [-0.39, 0.29) is 0 Å². The van der Waals surface area contributed by atoms with Crippen molar-refractivity contribution in [3.63, 3.8) is 0 Å². The lowest BCUT2D eigenvalue weighted by atomic mass is 9.82. The van der Waals surface area contributed by atoms with Gasteiger partial charge < -0.3 is 9.88 Å². The molecule has 0 radical (unpaired) electrons. The zero-order chi connectivity index (χ0) is 20.1. The minimum atomic E-state index is 0.394. The number of aromatic nitrogens is 1. The van der Waals surface area contributed by atoms with Gasteiger partial charge in [0.15, 0.2) is 0 Å². The molecule has 4 aromatic rings. The first kappa shape index (κ1) is 17.8. The average Bonchev–Trinajstić information content (AvgIpc) is 3.18. The lowest BCUT2D eigenvalue weighted by Crippen LogP contribution is -2.53. The minimum Gasteiger partial charge on any atom is -0.358 e. The summed E-state index contributed by atoms with van der Waals surface area (Å²) in [6.07, 6.45) is 1.11. The molecule has 30 heavy (non-hydrogen) atoms. The van der Waals surface area contributed by atoms with E-state index in [1.807, 2.05) is 0 Å².